The van der Waals surface area contributed by atoms with Gasteiger partial charge in [-0.25, -0.2) is 0 Å². The Morgan fingerprint density at radius 2 is 2.12 bits per heavy atom. The Morgan fingerprint density at radius 1 is 1.33 bits per heavy atom. The lowest BCUT2D eigenvalue weighted by atomic mass is 10.2. The van der Waals surface area contributed by atoms with Gasteiger partial charge in [0, 0.05) is 6.54 Å². The van der Waals surface area contributed by atoms with Crippen molar-refractivity contribution < 1.29 is 4.79 Å². The average Bonchev–Trinajstić information content (AvgIpc) is 3.01. The highest BCUT2D eigenvalue weighted by atomic mass is 35.5. The second-order valence-electron chi connectivity index (χ2n) is 5.04. The molecule has 0 unspecified atom stereocenters. The number of amides is 1. The lowest BCUT2D eigenvalue weighted by molar-refractivity contribution is -0.113. The van der Waals surface area contributed by atoms with E-state index in [1.165, 1.54) is 23.1 Å². The molecule has 5 nitrogen and oxygen atoms in total. The van der Waals surface area contributed by atoms with Crippen LogP contribution in [0.5, 0.6) is 0 Å². The third-order valence-corrected chi connectivity index (χ3v) is 5.90. The molecule has 0 fully saturated rings. The number of unbranched alkanes of at least 4 members (excludes halogenated alkanes) is 1. The van der Waals surface area contributed by atoms with Gasteiger partial charge in [0.2, 0.25) is 11.0 Å². The number of halogens is 2. The summed E-state index contributed by atoms with van der Waals surface area (Å²) in [6.45, 7) is 4.87. The molecule has 0 aliphatic heterocycles. The molecule has 1 aromatic carbocycles. The molecule has 0 atom stereocenters. The van der Waals surface area contributed by atoms with Gasteiger partial charge < -0.3 is 10.6 Å². The molecule has 0 saturated heterocycles. The largest absolute Gasteiger partial charge is 0.360 e. The molecule has 1 aromatic heterocycles. The van der Waals surface area contributed by atoms with Crippen molar-refractivity contribution in [3.05, 3.63) is 27.7 Å². The summed E-state index contributed by atoms with van der Waals surface area (Å²) in [4.78, 5) is 12.1. The van der Waals surface area contributed by atoms with Gasteiger partial charge in [-0.15, -0.1) is 10.2 Å². The molecule has 24 heavy (non-hydrogen) atoms. The Bertz CT molecular complexity index is 709. The molecular weight excluding hydrogens is 387 g/mol. The van der Waals surface area contributed by atoms with E-state index in [-0.39, 0.29) is 11.7 Å². The van der Waals surface area contributed by atoms with Gasteiger partial charge in [-0.05, 0) is 25.0 Å². The SMILES string of the molecule is CCCCNc1nnc(SCC(=O)Nc2c(Cl)ccc(C)c2Cl)s1. The van der Waals surface area contributed by atoms with Crippen molar-refractivity contribution in [1.29, 1.82) is 0 Å². The van der Waals surface area contributed by atoms with Crippen molar-refractivity contribution in [2.24, 2.45) is 0 Å². The maximum absolute atomic E-state index is 12.1. The summed E-state index contributed by atoms with van der Waals surface area (Å²) in [6, 6.07) is 3.52. The monoisotopic (exact) mass is 404 g/mol. The van der Waals surface area contributed by atoms with E-state index in [0.717, 1.165) is 34.4 Å². The Labute approximate surface area is 159 Å². The number of hydrogen-bond acceptors (Lipinski definition) is 6. The van der Waals surface area contributed by atoms with Gasteiger partial charge in [-0.3, -0.25) is 4.79 Å². The molecule has 130 valence electrons. The van der Waals surface area contributed by atoms with Crippen molar-refractivity contribution in [2.45, 2.75) is 31.0 Å². The maximum Gasteiger partial charge on any atom is 0.234 e. The van der Waals surface area contributed by atoms with E-state index in [0.29, 0.717) is 15.7 Å². The number of nitrogens with zero attached hydrogens (tertiary/aromatic N) is 2. The summed E-state index contributed by atoms with van der Waals surface area (Å²) in [5, 5.41) is 15.7. The van der Waals surface area contributed by atoms with Crippen LogP contribution < -0.4 is 10.6 Å². The van der Waals surface area contributed by atoms with E-state index in [1.807, 2.05) is 13.0 Å². The minimum absolute atomic E-state index is 0.190. The fourth-order valence-corrected chi connectivity index (χ4v) is 3.83. The number of aryl methyl sites for hydroxylation is 1. The number of anilines is 2. The van der Waals surface area contributed by atoms with E-state index in [4.69, 9.17) is 23.2 Å². The van der Waals surface area contributed by atoms with Crippen LogP contribution in [0, 0.1) is 6.92 Å². The molecule has 1 amide bonds. The highest BCUT2D eigenvalue weighted by Crippen LogP contribution is 2.33. The third-order valence-electron chi connectivity index (χ3n) is 3.09. The Hall–Kier alpha value is -1.02. The first-order valence-electron chi connectivity index (χ1n) is 7.46. The Balaban J connectivity index is 1.87. The normalized spacial score (nSPS) is 10.7. The highest BCUT2D eigenvalue weighted by molar-refractivity contribution is 8.01. The summed E-state index contributed by atoms with van der Waals surface area (Å²) in [5.41, 5.74) is 1.30. The number of thioether (sulfide) groups is 1. The lowest BCUT2D eigenvalue weighted by Crippen LogP contribution is -2.14. The van der Waals surface area contributed by atoms with E-state index < -0.39 is 0 Å². The van der Waals surface area contributed by atoms with Crippen molar-refractivity contribution in [2.75, 3.05) is 22.9 Å². The Kier molecular flexibility index (Phi) is 7.61. The van der Waals surface area contributed by atoms with Crippen LogP contribution in [0.25, 0.3) is 0 Å². The third kappa shape index (κ3) is 5.51. The van der Waals surface area contributed by atoms with E-state index in [1.54, 1.807) is 6.07 Å². The number of hydrogen-bond donors (Lipinski definition) is 2. The molecule has 0 radical (unpaired) electrons. The second kappa shape index (κ2) is 9.46. The number of benzene rings is 1. The number of carbonyl (C=O) groups excluding carboxylic acids is 1. The molecule has 0 aliphatic carbocycles. The molecule has 9 heteroatoms. The molecule has 0 saturated carbocycles. The summed E-state index contributed by atoms with van der Waals surface area (Å²) in [5.74, 6) is 0.0228. The number of rotatable bonds is 8. The first kappa shape index (κ1) is 19.3. The number of carbonyl (C=O) groups is 1. The van der Waals surface area contributed by atoms with Crippen LogP contribution in [0.4, 0.5) is 10.8 Å². The topological polar surface area (TPSA) is 66.9 Å². The van der Waals surface area contributed by atoms with Crippen LogP contribution in [-0.4, -0.2) is 28.4 Å². The van der Waals surface area contributed by atoms with E-state index >= 15 is 0 Å². The summed E-state index contributed by atoms with van der Waals surface area (Å²) in [6.07, 6.45) is 2.21. The van der Waals surface area contributed by atoms with E-state index in [9.17, 15) is 4.79 Å². The number of aromatic nitrogens is 2. The van der Waals surface area contributed by atoms with E-state index in [2.05, 4.69) is 27.8 Å². The van der Waals surface area contributed by atoms with Gasteiger partial charge in [0.1, 0.15) is 0 Å². The predicted molar refractivity (Wildman–Crippen MR) is 104 cm³/mol. The van der Waals surface area contributed by atoms with Crippen molar-refractivity contribution >= 4 is 63.0 Å². The molecule has 0 bridgehead atoms. The fraction of sp³-hybridized carbons (Fsp3) is 0.400. The zero-order chi connectivity index (χ0) is 17.5. The average molecular weight is 405 g/mol. The van der Waals surface area contributed by atoms with Crippen LogP contribution in [0.3, 0.4) is 0 Å². The van der Waals surface area contributed by atoms with Gasteiger partial charge in [0.15, 0.2) is 4.34 Å². The summed E-state index contributed by atoms with van der Waals surface area (Å²) < 4.78 is 0.741. The minimum atomic E-state index is -0.190. The van der Waals surface area contributed by atoms with Gasteiger partial charge in [-0.1, -0.05) is 65.7 Å². The van der Waals surface area contributed by atoms with Crippen molar-refractivity contribution in [3.8, 4) is 0 Å². The van der Waals surface area contributed by atoms with Gasteiger partial charge in [0.05, 0.1) is 21.5 Å². The quantitative estimate of drug-likeness (QED) is 0.473. The first-order valence-corrected chi connectivity index (χ1v) is 10.0. The van der Waals surface area contributed by atoms with Crippen molar-refractivity contribution in [3.63, 3.8) is 0 Å². The van der Waals surface area contributed by atoms with Gasteiger partial charge in [0.25, 0.3) is 0 Å². The van der Waals surface area contributed by atoms with Crippen LogP contribution in [0.2, 0.25) is 10.0 Å². The summed E-state index contributed by atoms with van der Waals surface area (Å²) in [7, 11) is 0. The molecule has 0 aliphatic rings. The van der Waals surface area contributed by atoms with Gasteiger partial charge >= 0.3 is 0 Å². The molecule has 2 aromatic rings. The van der Waals surface area contributed by atoms with Crippen LogP contribution in [0.15, 0.2) is 16.5 Å². The van der Waals surface area contributed by atoms with Crippen LogP contribution >= 0.6 is 46.3 Å². The standard InChI is InChI=1S/C15H18Cl2N4OS2/c1-3-4-7-18-14-20-21-15(24-14)23-8-11(22)19-13-10(16)6-5-9(2)12(13)17/h5-6H,3-4,7-8H2,1-2H3,(H,18,20)(H,19,22). The molecule has 2 N–H and O–H groups in total. The Morgan fingerprint density at radius 3 is 2.88 bits per heavy atom. The summed E-state index contributed by atoms with van der Waals surface area (Å²) >= 11 is 15.0. The zero-order valence-corrected chi connectivity index (χ0v) is 16.5. The first-order chi connectivity index (χ1) is 11.5. The molecular formula is C15H18Cl2N4OS2. The second-order valence-corrected chi connectivity index (χ2v) is 8.03. The van der Waals surface area contributed by atoms with Crippen molar-refractivity contribution in [1.82, 2.24) is 10.2 Å². The van der Waals surface area contributed by atoms with Crippen LogP contribution in [-0.2, 0) is 4.79 Å². The van der Waals surface area contributed by atoms with Crippen LogP contribution in [0.1, 0.15) is 25.3 Å². The lowest BCUT2D eigenvalue weighted by Gasteiger charge is -2.10. The predicted octanol–water partition coefficient (Wildman–Crippen LogP) is 5.10. The molecule has 1 heterocycles. The number of nitrogens with one attached hydrogen (secondary N) is 2. The van der Waals surface area contributed by atoms with Gasteiger partial charge in [-0.2, -0.15) is 0 Å². The fourth-order valence-electron chi connectivity index (χ4n) is 1.79. The molecule has 2 rings (SSSR count). The smallest absolute Gasteiger partial charge is 0.234 e. The zero-order valence-electron chi connectivity index (χ0n) is 13.4. The molecule has 0 spiro atoms. The minimum Gasteiger partial charge on any atom is -0.360 e. The maximum atomic E-state index is 12.1. The highest BCUT2D eigenvalue weighted by Gasteiger charge is 2.13.